The molecule has 11 heteroatoms. The molecular formula is C41H52N2O7Si2. The fraction of sp³-hybridized carbons (Fsp3) is 0.463. The van der Waals surface area contributed by atoms with E-state index in [1.54, 1.807) is 11.5 Å². The van der Waals surface area contributed by atoms with E-state index in [0.29, 0.717) is 23.4 Å². The topological polar surface area (TPSA) is 106 Å². The highest BCUT2D eigenvalue weighted by atomic mass is 28.4. The standard InChI is InChI=1S/C41H52N2O7Si2/c1-7-41(50-40(46)48-27-29-17-12-11-13-18-29)34-25-36-37-32(26-43(36)38(44)33(34)28-47-39(41)45)30(31-19-14-15-20-35(31)42-37)21-24-51(5,6)23-16-22-49-52(8-2,9-3)10-4/h11-15,17-20,25H,7-10,16,21-24,26-28H2,1-6H3. The zero-order chi connectivity index (χ0) is 37.1. The Kier molecular flexibility index (Phi) is 11.2. The summed E-state index contributed by atoms with van der Waals surface area (Å²) in [5, 5.41) is 1.11. The minimum atomic E-state index is -1.83. The molecule has 276 valence electrons. The van der Waals surface area contributed by atoms with Crippen LogP contribution >= 0.6 is 0 Å². The molecule has 0 saturated carbocycles. The van der Waals surface area contributed by atoms with Gasteiger partial charge in [0.15, 0.2) is 8.32 Å². The predicted octanol–water partition coefficient (Wildman–Crippen LogP) is 9.10. The summed E-state index contributed by atoms with van der Waals surface area (Å²) in [5.74, 6) is -0.724. The number of pyridine rings is 2. The molecule has 0 spiro atoms. The molecule has 0 aliphatic carbocycles. The first-order valence-electron chi connectivity index (χ1n) is 18.9. The van der Waals surface area contributed by atoms with Crippen molar-refractivity contribution in [1.82, 2.24) is 9.55 Å². The third-order valence-corrected chi connectivity index (χ3v) is 19.5. The van der Waals surface area contributed by atoms with E-state index < -0.39 is 34.1 Å². The Hall–Kier alpha value is -4.07. The van der Waals surface area contributed by atoms with Gasteiger partial charge in [-0.05, 0) is 60.7 Å². The molecule has 0 N–H and O–H groups in total. The normalized spacial score (nSPS) is 16.6. The summed E-state index contributed by atoms with van der Waals surface area (Å²) in [6, 6.07) is 25.0. The molecule has 2 aromatic carbocycles. The second-order valence-corrected chi connectivity index (χ2v) is 25.1. The lowest BCUT2D eigenvalue weighted by Crippen LogP contribution is -2.47. The van der Waals surface area contributed by atoms with E-state index in [-0.39, 0.29) is 25.2 Å². The lowest BCUT2D eigenvalue weighted by molar-refractivity contribution is -0.175. The first-order chi connectivity index (χ1) is 25.0. The zero-order valence-corrected chi connectivity index (χ0v) is 33.5. The first kappa shape index (κ1) is 37.7. The summed E-state index contributed by atoms with van der Waals surface area (Å²) in [5.41, 5.74) is 3.79. The number of carbonyl (C=O) groups excluding carboxylic acids is 2. The van der Waals surface area contributed by atoms with E-state index in [1.807, 2.05) is 54.6 Å². The molecule has 0 radical (unpaired) electrons. The predicted molar refractivity (Wildman–Crippen MR) is 209 cm³/mol. The Bertz CT molecular complexity index is 2000. The van der Waals surface area contributed by atoms with E-state index >= 15 is 0 Å². The molecule has 0 saturated heterocycles. The van der Waals surface area contributed by atoms with Gasteiger partial charge in [-0.3, -0.25) is 4.79 Å². The summed E-state index contributed by atoms with van der Waals surface area (Å²) >= 11 is 0. The number of carbonyl (C=O) groups is 2. The van der Waals surface area contributed by atoms with Gasteiger partial charge >= 0.3 is 12.1 Å². The minimum Gasteiger partial charge on any atom is -0.457 e. The molecule has 4 aromatic rings. The van der Waals surface area contributed by atoms with Crippen LogP contribution in [0.4, 0.5) is 4.79 Å². The minimum absolute atomic E-state index is 0.0202. The van der Waals surface area contributed by atoms with Crippen molar-refractivity contribution in [3.63, 3.8) is 0 Å². The summed E-state index contributed by atoms with van der Waals surface area (Å²) in [4.78, 5) is 45.9. The van der Waals surface area contributed by atoms with Gasteiger partial charge < -0.3 is 23.2 Å². The van der Waals surface area contributed by atoms with E-state index in [2.05, 4.69) is 39.9 Å². The van der Waals surface area contributed by atoms with Gasteiger partial charge in [-0.2, -0.15) is 0 Å². The molecule has 6 rings (SSSR count). The Labute approximate surface area is 308 Å². The Balaban J connectivity index is 1.29. The maximum atomic E-state index is 14.3. The Morgan fingerprint density at radius 3 is 2.37 bits per heavy atom. The van der Waals surface area contributed by atoms with Crippen molar-refractivity contribution in [2.24, 2.45) is 0 Å². The van der Waals surface area contributed by atoms with Crippen molar-refractivity contribution in [1.29, 1.82) is 0 Å². The summed E-state index contributed by atoms with van der Waals surface area (Å²) in [6.07, 6.45) is 1.04. The molecule has 52 heavy (non-hydrogen) atoms. The number of para-hydroxylation sites is 1. The number of rotatable bonds is 15. The van der Waals surface area contributed by atoms with Crippen LogP contribution < -0.4 is 5.56 Å². The van der Waals surface area contributed by atoms with Crippen LogP contribution in [-0.4, -0.2) is 44.7 Å². The lowest BCUT2D eigenvalue weighted by Gasteiger charge is -2.35. The SMILES string of the molecule is CCC1(OC(=O)OCc2ccccc2)C(=O)OCc2c1cc1n(c2=O)Cc2c-1nc1ccccc1c2CC[Si](C)(C)CCCO[Si](CC)(CC)CC. The molecule has 1 unspecified atom stereocenters. The average molecular weight is 741 g/mol. The molecule has 9 nitrogen and oxygen atoms in total. The quantitative estimate of drug-likeness (QED) is 0.0595. The van der Waals surface area contributed by atoms with Crippen molar-refractivity contribution in [3.05, 3.63) is 98.8 Å². The zero-order valence-electron chi connectivity index (χ0n) is 31.5. The number of aryl methyl sites for hydroxylation is 1. The number of fused-ring (bicyclic) bond motifs is 5. The van der Waals surface area contributed by atoms with Gasteiger partial charge in [0.05, 0.1) is 29.0 Å². The molecule has 2 aliphatic heterocycles. The van der Waals surface area contributed by atoms with Crippen molar-refractivity contribution in [2.45, 2.75) is 116 Å². The molecular weight excluding hydrogens is 689 g/mol. The third-order valence-electron chi connectivity index (χ3n) is 11.5. The van der Waals surface area contributed by atoms with Gasteiger partial charge in [-0.25, -0.2) is 14.6 Å². The van der Waals surface area contributed by atoms with Crippen LogP contribution in [0.15, 0.2) is 65.5 Å². The molecule has 0 amide bonds. The second kappa shape index (κ2) is 15.5. The largest absolute Gasteiger partial charge is 0.510 e. The van der Waals surface area contributed by atoms with Crippen molar-refractivity contribution in [2.75, 3.05) is 6.61 Å². The van der Waals surface area contributed by atoms with Crippen LogP contribution in [0.5, 0.6) is 0 Å². The Morgan fingerprint density at radius 2 is 1.65 bits per heavy atom. The fourth-order valence-electron chi connectivity index (χ4n) is 7.93. The van der Waals surface area contributed by atoms with Crippen molar-refractivity contribution < 1.29 is 28.2 Å². The van der Waals surface area contributed by atoms with Crippen LogP contribution in [-0.2, 0) is 55.2 Å². The summed E-state index contributed by atoms with van der Waals surface area (Å²) < 4.78 is 25.1. The first-order valence-corrected chi connectivity index (χ1v) is 24.8. The van der Waals surface area contributed by atoms with Crippen LogP contribution in [0.1, 0.15) is 68.4 Å². The highest BCUT2D eigenvalue weighted by molar-refractivity contribution is 6.77. The van der Waals surface area contributed by atoms with Gasteiger partial charge in [-0.1, -0.05) is 101 Å². The van der Waals surface area contributed by atoms with Crippen LogP contribution in [0.25, 0.3) is 22.3 Å². The summed E-state index contributed by atoms with van der Waals surface area (Å²) in [6.45, 7) is 14.5. The van der Waals surface area contributed by atoms with E-state index in [1.165, 1.54) is 29.7 Å². The maximum Gasteiger partial charge on any atom is 0.510 e. The number of aromatic nitrogens is 2. The summed E-state index contributed by atoms with van der Waals surface area (Å²) in [7, 11) is -3.18. The monoisotopic (exact) mass is 740 g/mol. The highest BCUT2D eigenvalue weighted by Crippen LogP contribution is 2.42. The van der Waals surface area contributed by atoms with Gasteiger partial charge in [0.25, 0.3) is 5.56 Å². The molecule has 2 aliphatic rings. The van der Waals surface area contributed by atoms with E-state index in [0.717, 1.165) is 53.2 Å². The number of hydrogen-bond acceptors (Lipinski definition) is 8. The van der Waals surface area contributed by atoms with Crippen molar-refractivity contribution >= 4 is 39.4 Å². The van der Waals surface area contributed by atoms with Gasteiger partial charge in [0.1, 0.15) is 13.2 Å². The number of nitrogens with zero attached hydrogens (tertiary/aromatic N) is 2. The van der Waals surface area contributed by atoms with Gasteiger partial charge in [0, 0.05) is 31.2 Å². The highest BCUT2D eigenvalue weighted by Gasteiger charge is 2.51. The maximum absolute atomic E-state index is 14.3. The fourth-order valence-corrected chi connectivity index (χ4v) is 12.9. The molecule has 0 fully saturated rings. The van der Waals surface area contributed by atoms with E-state index in [9.17, 15) is 14.4 Å². The van der Waals surface area contributed by atoms with E-state index in [4.69, 9.17) is 23.6 Å². The average Bonchev–Trinajstić information content (AvgIpc) is 3.53. The molecule has 0 bridgehead atoms. The second-order valence-electron chi connectivity index (χ2n) is 15.0. The number of hydrogen-bond donors (Lipinski definition) is 0. The molecule has 4 heterocycles. The number of cyclic esters (lactones) is 1. The number of esters is 1. The number of ether oxygens (including phenoxy) is 3. The Morgan fingerprint density at radius 1 is 0.942 bits per heavy atom. The van der Waals surface area contributed by atoms with Crippen LogP contribution in [0.2, 0.25) is 43.3 Å². The third kappa shape index (κ3) is 7.27. The molecule has 1 atom stereocenters. The van der Waals surface area contributed by atoms with Crippen LogP contribution in [0, 0.1) is 0 Å². The number of benzene rings is 2. The van der Waals surface area contributed by atoms with Crippen LogP contribution in [0.3, 0.4) is 0 Å². The lowest BCUT2D eigenvalue weighted by atomic mass is 9.85. The van der Waals surface area contributed by atoms with Gasteiger partial charge in [0.2, 0.25) is 5.60 Å². The van der Waals surface area contributed by atoms with Gasteiger partial charge in [-0.15, -0.1) is 0 Å². The van der Waals surface area contributed by atoms with Crippen molar-refractivity contribution in [3.8, 4) is 11.4 Å². The molecule has 2 aromatic heterocycles. The smallest absolute Gasteiger partial charge is 0.457 e.